The Morgan fingerprint density at radius 1 is 1.18 bits per heavy atom. The molecular formula is C30H40N6O2. The fourth-order valence-electron chi connectivity index (χ4n) is 6.89. The van der Waals surface area contributed by atoms with E-state index < -0.39 is 0 Å². The van der Waals surface area contributed by atoms with Crippen molar-refractivity contribution in [3.8, 4) is 5.75 Å². The summed E-state index contributed by atoms with van der Waals surface area (Å²) in [6, 6.07) is 9.70. The fraction of sp³-hybridized carbons (Fsp3) is 0.567. The van der Waals surface area contributed by atoms with E-state index in [1.165, 1.54) is 51.7 Å². The van der Waals surface area contributed by atoms with Crippen LogP contribution in [0.15, 0.2) is 36.5 Å². The van der Waals surface area contributed by atoms with Crippen LogP contribution < -0.4 is 15.4 Å². The summed E-state index contributed by atoms with van der Waals surface area (Å²) in [5.74, 6) is 1.29. The molecule has 6 rings (SSSR count). The van der Waals surface area contributed by atoms with Crippen LogP contribution in [-0.4, -0.2) is 65.4 Å². The van der Waals surface area contributed by atoms with Crippen molar-refractivity contribution in [1.82, 2.24) is 25.0 Å². The van der Waals surface area contributed by atoms with Crippen molar-refractivity contribution in [3.05, 3.63) is 47.9 Å². The lowest BCUT2D eigenvalue weighted by molar-refractivity contribution is 0.0109. The number of methoxy groups -OCH3 is 1. The van der Waals surface area contributed by atoms with E-state index in [0.29, 0.717) is 28.6 Å². The van der Waals surface area contributed by atoms with Crippen LogP contribution in [0.2, 0.25) is 0 Å². The molecule has 1 amide bonds. The molecule has 2 saturated heterocycles. The van der Waals surface area contributed by atoms with Crippen molar-refractivity contribution in [3.63, 3.8) is 0 Å². The minimum absolute atomic E-state index is 0.251. The summed E-state index contributed by atoms with van der Waals surface area (Å²) in [6.07, 6.45) is 11.4. The number of carbonyl (C=O) groups is 1. The van der Waals surface area contributed by atoms with Gasteiger partial charge in [-0.1, -0.05) is 6.07 Å². The lowest BCUT2D eigenvalue weighted by Gasteiger charge is -2.51. The van der Waals surface area contributed by atoms with Gasteiger partial charge in [0, 0.05) is 36.4 Å². The maximum Gasteiger partial charge on any atom is 0.274 e. The third-order valence-corrected chi connectivity index (χ3v) is 9.10. The maximum absolute atomic E-state index is 12.8. The number of hydrogen-bond acceptors (Lipinski definition) is 6. The summed E-state index contributed by atoms with van der Waals surface area (Å²) in [4.78, 5) is 19.8. The quantitative estimate of drug-likeness (QED) is 0.469. The molecule has 0 radical (unpaired) electrons. The van der Waals surface area contributed by atoms with Gasteiger partial charge in [-0.25, -0.2) is 4.98 Å². The first kappa shape index (κ1) is 25.3. The van der Waals surface area contributed by atoms with Gasteiger partial charge in [-0.05, 0) is 101 Å². The average Bonchev–Trinajstić information content (AvgIpc) is 3.34. The zero-order valence-electron chi connectivity index (χ0n) is 22.7. The van der Waals surface area contributed by atoms with E-state index in [1.54, 1.807) is 13.2 Å². The van der Waals surface area contributed by atoms with Crippen molar-refractivity contribution >= 4 is 22.5 Å². The second kappa shape index (κ2) is 10.7. The SMILES string of the molecule is COc1cc2nn(C3CCN(CCC4CC5(CCNCC5)C4)CC3)cc2cc1NC(=O)c1cccc(C)n1. The number of benzene rings is 1. The number of amides is 1. The fourth-order valence-corrected chi connectivity index (χ4v) is 6.89. The molecule has 0 atom stereocenters. The summed E-state index contributed by atoms with van der Waals surface area (Å²) in [7, 11) is 1.62. The number of carbonyl (C=O) groups excluding carboxylic acids is 1. The van der Waals surface area contributed by atoms with E-state index in [2.05, 4.69) is 31.4 Å². The topological polar surface area (TPSA) is 84.3 Å². The lowest BCUT2D eigenvalue weighted by atomic mass is 9.57. The van der Waals surface area contributed by atoms with Gasteiger partial charge in [-0.3, -0.25) is 9.48 Å². The molecule has 2 aromatic heterocycles. The van der Waals surface area contributed by atoms with Crippen LogP contribution in [0.25, 0.3) is 10.9 Å². The van der Waals surface area contributed by atoms with Crippen LogP contribution in [0.3, 0.4) is 0 Å². The predicted octanol–water partition coefficient (Wildman–Crippen LogP) is 4.81. The van der Waals surface area contributed by atoms with Crippen LogP contribution in [0.4, 0.5) is 5.69 Å². The van der Waals surface area contributed by atoms with E-state index in [-0.39, 0.29) is 5.91 Å². The molecule has 8 heteroatoms. The number of aryl methyl sites for hydroxylation is 1. The van der Waals surface area contributed by atoms with Crippen LogP contribution in [-0.2, 0) is 0 Å². The number of ether oxygens (including phenoxy) is 1. The monoisotopic (exact) mass is 516 g/mol. The Bertz CT molecular complexity index is 1280. The number of piperidine rings is 2. The zero-order chi connectivity index (χ0) is 26.1. The van der Waals surface area contributed by atoms with Gasteiger partial charge in [-0.15, -0.1) is 0 Å². The van der Waals surface area contributed by atoms with E-state index in [9.17, 15) is 4.79 Å². The van der Waals surface area contributed by atoms with Crippen molar-refractivity contribution < 1.29 is 9.53 Å². The lowest BCUT2D eigenvalue weighted by Crippen LogP contribution is -2.46. The molecule has 3 fully saturated rings. The number of likely N-dealkylation sites (tertiary alicyclic amines) is 1. The Morgan fingerprint density at radius 2 is 1.97 bits per heavy atom. The van der Waals surface area contributed by atoms with E-state index in [1.807, 2.05) is 31.2 Å². The summed E-state index contributed by atoms with van der Waals surface area (Å²) < 4.78 is 7.71. The van der Waals surface area contributed by atoms with Gasteiger partial charge >= 0.3 is 0 Å². The Balaban J connectivity index is 1.05. The second-order valence-electron chi connectivity index (χ2n) is 11.7. The van der Waals surface area contributed by atoms with Crippen LogP contribution >= 0.6 is 0 Å². The normalized spacial score (nSPS) is 20.5. The van der Waals surface area contributed by atoms with Crippen molar-refractivity contribution in [2.45, 2.75) is 57.9 Å². The molecule has 3 aromatic rings. The second-order valence-corrected chi connectivity index (χ2v) is 11.7. The Morgan fingerprint density at radius 3 is 2.71 bits per heavy atom. The Labute approximate surface area is 225 Å². The standard InChI is InChI=1S/C30H40N6O2/c1-21-4-3-5-25(32-21)29(37)33-27-16-23-20-36(34-26(23)17-28(27)38-2)24-7-14-35(15-8-24)13-6-22-18-30(19-22)9-11-31-12-10-30/h3-5,16-17,20,22,24,31H,6-15,18-19H2,1-2H3,(H,33,37). The Hall–Kier alpha value is -2.97. The molecule has 1 aromatic carbocycles. The molecule has 1 aliphatic carbocycles. The molecule has 8 nitrogen and oxygen atoms in total. The largest absolute Gasteiger partial charge is 0.494 e. The summed E-state index contributed by atoms with van der Waals surface area (Å²) in [5.41, 5.74) is 3.39. The van der Waals surface area contributed by atoms with Gasteiger partial charge in [0.1, 0.15) is 11.4 Å². The van der Waals surface area contributed by atoms with Gasteiger partial charge in [0.05, 0.1) is 24.4 Å². The zero-order valence-corrected chi connectivity index (χ0v) is 22.7. The number of rotatable bonds is 7. The van der Waals surface area contributed by atoms with Gasteiger partial charge < -0.3 is 20.3 Å². The molecule has 4 heterocycles. The van der Waals surface area contributed by atoms with Gasteiger partial charge in [0.25, 0.3) is 5.91 Å². The molecule has 0 unspecified atom stereocenters. The third-order valence-electron chi connectivity index (χ3n) is 9.10. The van der Waals surface area contributed by atoms with Gasteiger partial charge in [0.15, 0.2) is 0 Å². The number of pyridine rings is 1. The summed E-state index contributed by atoms with van der Waals surface area (Å²) in [5, 5.41) is 12.4. The van der Waals surface area contributed by atoms with E-state index >= 15 is 0 Å². The van der Waals surface area contributed by atoms with Crippen molar-refractivity contribution in [2.24, 2.45) is 11.3 Å². The molecule has 2 aliphatic heterocycles. The van der Waals surface area contributed by atoms with Crippen LogP contribution in [0.5, 0.6) is 5.75 Å². The first-order chi connectivity index (χ1) is 18.5. The predicted molar refractivity (Wildman–Crippen MR) is 150 cm³/mol. The molecule has 1 saturated carbocycles. The summed E-state index contributed by atoms with van der Waals surface area (Å²) >= 11 is 0. The molecule has 38 heavy (non-hydrogen) atoms. The number of hydrogen-bond donors (Lipinski definition) is 2. The number of nitrogens with zero attached hydrogens (tertiary/aromatic N) is 4. The average molecular weight is 517 g/mol. The first-order valence-electron chi connectivity index (χ1n) is 14.3. The molecule has 3 aliphatic rings. The number of nitrogens with one attached hydrogen (secondary N) is 2. The molecule has 202 valence electrons. The van der Waals surface area contributed by atoms with Crippen molar-refractivity contribution in [2.75, 3.05) is 45.2 Å². The van der Waals surface area contributed by atoms with E-state index in [0.717, 1.165) is 48.4 Å². The highest BCUT2D eigenvalue weighted by Crippen LogP contribution is 2.52. The van der Waals surface area contributed by atoms with Gasteiger partial charge in [0.2, 0.25) is 0 Å². The van der Waals surface area contributed by atoms with Crippen molar-refractivity contribution in [1.29, 1.82) is 0 Å². The minimum atomic E-state index is -0.251. The van der Waals surface area contributed by atoms with Gasteiger partial charge in [-0.2, -0.15) is 5.10 Å². The van der Waals surface area contributed by atoms with Crippen LogP contribution in [0.1, 0.15) is 67.2 Å². The highest BCUT2D eigenvalue weighted by atomic mass is 16.5. The number of anilines is 1. The third kappa shape index (κ3) is 5.29. The maximum atomic E-state index is 12.8. The Kier molecular flexibility index (Phi) is 7.10. The first-order valence-corrected chi connectivity index (χ1v) is 14.3. The minimum Gasteiger partial charge on any atom is -0.494 e. The number of aromatic nitrogens is 3. The molecule has 1 spiro atoms. The molecule has 0 bridgehead atoms. The van der Waals surface area contributed by atoms with Crippen LogP contribution in [0, 0.1) is 18.3 Å². The highest BCUT2D eigenvalue weighted by Gasteiger charge is 2.44. The smallest absolute Gasteiger partial charge is 0.274 e. The highest BCUT2D eigenvalue weighted by molar-refractivity contribution is 6.05. The summed E-state index contributed by atoms with van der Waals surface area (Å²) in [6.45, 7) is 7.82. The molecular weight excluding hydrogens is 476 g/mol. The number of fused-ring (bicyclic) bond motifs is 1. The van der Waals surface area contributed by atoms with E-state index in [4.69, 9.17) is 9.84 Å². The molecule has 2 N–H and O–H groups in total.